The van der Waals surface area contributed by atoms with Gasteiger partial charge in [-0.05, 0) is 60.7 Å². The van der Waals surface area contributed by atoms with Crippen molar-refractivity contribution in [2.75, 3.05) is 14.2 Å². The number of rotatable bonds is 2. The van der Waals surface area contributed by atoms with Gasteiger partial charge in [0.25, 0.3) is 0 Å². The summed E-state index contributed by atoms with van der Waals surface area (Å²) >= 11 is 0. The molecule has 0 bridgehead atoms. The van der Waals surface area contributed by atoms with Gasteiger partial charge in [-0.15, -0.1) is 0 Å². The summed E-state index contributed by atoms with van der Waals surface area (Å²) in [6.07, 6.45) is 3.47. The van der Waals surface area contributed by atoms with E-state index in [0.29, 0.717) is 0 Å². The van der Waals surface area contributed by atoms with Gasteiger partial charge in [0.2, 0.25) is 0 Å². The second-order valence-corrected chi connectivity index (χ2v) is 4.33. The number of ether oxygens (including phenoxy) is 2. The Morgan fingerprint density at radius 2 is 1.00 bits per heavy atom. The fraction of sp³-hybridized carbons (Fsp3) is 0.100. The van der Waals surface area contributed by atoms with Crippen molar-refractivity contribution in [3.63, 3.8) is 0 Å². The van der Waals surface area contributed by atoms with Crippen LogP contribution in [0.5, 0.6) is 11.5 Å². The van der Waals surface area contributed by atoms with Crippen molar-refractivity contribution < 1.29 is 9.47 Å². The first-order chi connectivity index (χ1) is 10.8. The molecule has 2 nitrogen and oxygen atoms in total. The van der Waals surface area contributed by atoms with E-state index in [-0.39, 0.29) is 0 Å². The predicted molar refractivity (Wildman–Crippen MR) is 88.9 cm³/mol. The maximum atomic E-state index is 5.10. The molecule has 0 spiro atoms. The molecule has 0 aliphatic rings. The Hall–Kier alpha value is -3.10. The molecule has 0 unspecified atom stereocenters. The number of hydrogen-bond acceptors (Lipinski definition) is 2. The number of hydrogen-bond donors (Lipinski definition) is 0. The van der Waals surface area contributed by atoms with Crippen LogP contribution in [0.3, 0.4) is 0 Å². The average molecular weight is 288 g/mol. The first-order valence-electron chi connectivity index (χ1n) is 6.78. The topological polar surface area (TPSA) is 18.5 Å². The Morgan fingerprint density at radius 3 is 1.32 bits per heavy atom. The fourth-order valence-electron chi connectivity index (χ4n) is 1.68. The number of methoxy groups -OCH3 is 2. The number of benzene rings is 2. The Bertz CT molecular complexity index is 678. The molecule has 0 amide bonds. The lowest BCUT2D eigenvalue weighted by molar-refractivity contribution is 0.414. The molecule has 108 valence electrons. The first kappa shape index (κ1) is 15.3. The molecule has 0 aliphatic carbocycles. The van der Waals surface area contributed by atoms with Crippen LogP contribution >= 0.6 is 0 Å². The smallest absolute Gasteiger partial charge is 0.118 e. The third-order valence-electron chi connectivity index (χ3n) is 2.86. The van der Waals surface area contributed by atoms with Gasteiger partial charge in [-0.1, -0.05) is 23.7 Å². The highest BCUT2D eigenvalue weighted by molar-refractivity contribution is 5.43. The maximum absolute atomic E-state index is 5.10. The summed E-state index contributed by atoms with van der Waals surface area (Å²) in [6, 6.07) is 15.2. The van der Waals surface area contributed by atoms with E-state index in [9.17, 15) is 0 Å². The minimum atomic E-state index is 0.825. The molecule has 0 fully saturated rings. The highest BCUT2D eigenvalue weighted by Gasteiger charge is 1.89. The van der Waals surface area contributed by atoms with E-state index in [0.717, 1.165) is 22.6 Å². The van der Waals surface area contributed by atoms with E-state index in [1.807, 2.05) is 48.5 Å². The van der Waals surface area contributed by atoms with E-state index >= 15 is 0 Å². The van der Waals surface area contributed by atoms with Gasteiger partial charge in [0.1, 0.15) is 11.5 Å². The van der Waals surface area contributed by atoms with Crippen LogP contribution in [0.25, 0.3) is 0 Å². The minimum absolute atomic E-state index is 0.825. The Kier molecular flexibility index (Phi) is 5.73. The molecule has 2 heteroatoms. The predicted octanol–water partition coefficient (Wildman–Crippen LogP) is 3.66. The third kappa shape index (κ3) is 4.78. The van der Waals surface area contributed by atoms with Crippen LogP contribution in [-0.2, 0) is 0 Å². The van der Waals surface area contributed by atoms with Gasteiger partial charge in [-0.25, -0.2) is 0 Å². The highest BCUT2D eigenvalue weighted by Crippen LogP contribution is 2.10. The standard InChI is InChI=1S/C20H16O2/c1-21-19-13-9-17(10-14-19)7-5-3-4-6-8-18-11-15-20(22-2)16-12-18/h3-4,9-16H,1-2H3/b4-3+. The average Bonchev–Trinajstić information content (AvgIpc) is 2.59. The van der Waals surface area contributed by atoms with Crippen molar-refractivity contribution in [2.24, 2.45) is 0 Å². The summed E-state index contributed by atoms with van der Waals surface area (Å²) in [5.74, 6) is 13.6. The zero-order valence-electron chi connectivity index (χ0n) is 12.6. The molecule has 0 atom stereocenters. The maximum Gasteiger partial charge on any atom is 0.118 e. The molecule has 2 rings (SSSR count). The number of allylic oxidation sites excluding steroid dienone is 2. The van der Waals surface area contributed by atoms with Gasteiger partial charge in [-0.2, -0.15) is 0 Å². The van der Waals surface area contributed by atoms with Crippen LogP contribution < -0.4 is 9.47 Å². The Labute approximate surface area is 131 Å². The molecule has 0 N–H and O–H groups in total. The second kappa shape index (κ2) is 8.25. The van der Waals surface area contributed by atoms with Gasteiger partial charge in [0, 0.05) is 11.1 Å². The normalized spacial score (nSPS) is 9.36. The lowest BCUT2D eigenvalue weighted by atomic mass is 10.2. The largest absolute Gasteiger partial charge is 0.497 e. The molecular weight excluding hydrogens is 272 g/mol. The van der Waals surface area contributed by atoms with Crippen molar-refractivity contribution in [3.05, 3.63) is 71.8 Å². The van der Waals surface area contributed by atoms with Gasteiger partial charge < -0.3 is 9.47 Å². The van der Waals surface area contributed by atoms with Crippen molar-refractivity contribution >= 4 is 0 Å². The molecule has 0 radical (unpaired) electrons. The third-order valence-corrected chi connectivity index (χ3v) is 2.86. The molecule has 0 saturated heterocycles. The van der Waals surface area contributed by atoms with Crippen LogP contribution in [0.1, 0.15) is 11.1 Å². The first-order valence-corrected chi connectivity index (χ1v) is 6.78. The summed E-state index contributed by atoms with van der Waals surface area (Å²) < 4.78 is 10.2. The van der Waals surface area contributed by atoms with Gasteiger partial charge in [0.15, 0.2) is 0 Å². The highest BCUT2D eigenvalue weighted by atomic mass is 16.5. The van der Waals surface area contributed by atoms with Crippen LogP contribution in [0.15, 0.2) is 60.7 Å². The van der Waals surface area contributed by atoms with Crippen molar-refractivity contribution in [2.45, 2.75) is 0 Å². The van der Waals surface area contributed by atoms with E-state index in [4.69, 9.17) is 9.47 Å². The molecule has 2 aromatic carbocycles. The molecular formula is C20H16O2. The lowest BCUT2D eigenvalue weighted by Crippen LogP contribution is -1.81. The summed E-state index contributed by atoms with van der Waals surface area (Å²) in [4.78, 5) is 0. The van der Waals surface area contributed by atoms with E-state index < -0.39 is 0 Å². The molecule has 2 aromatic rings. The van der Waals surface area contributed by atoms with Crippen molar-refractivity contribution in [1.82, 2.24) is 0 Å². The van der Waals surface area contributed by atoms with Crippen molar-refractivity contribution in [1.29, 1.82) is 0 Å². The van der Waals surface area contributed by atoms with Crippen molar-refractivity contribution in [3.8, 4) is 35.2 Å². The fourth-order valence-corrected chi connectivity index (χ4v) is 1.68. The summed E-state index contributed by atoms with van der Waals surface area (Å²) in [5, 5.41) is 0. The summed E-state index contributed by atoms with van der Waals surface area (Å²) in [6.45, 7) is 0. The van der Waals surface area contributed by atoms with E-state index in [2.05, 4.69) is 23.7 Å². The monoisotopic (exact) mass is 288 g/mol. The van der Waals surface area contributed by atoms with Gasteiger partial charge in [0.05, 0.1) is 14.2 Å². The second-order valence-electron chi connectivity index (χ2n) is 4.33. The SMILES string of the molecule is COc1ccc(C#C/C=C/C#Cc2ccc(OC)cc2)cc1. The van der Waals surface area contributed by atoms with Crippen LogP contribution in [0.4, 0.5) is 0 Å². The molecule has 22 heavy (non-hydrogen) atoms. The molecule has 0 aromatic heterocycles. The minimum Gasteiger partial charge on any atom is -0.497 e. The van der Waals surface area contributed by atoms with Gasteiger partial charge >= 0.3 is 0 Å². The van der Waals surface area contributed by atoms with Gasteiger partial charge in [-0.3, -0.25) is 0 Å². The lowest BCUT2D eigenvalue weighted by Gasteiger charge is -1.97. The summed E-state index contributed by atoms with van der Waals surface area (Å²) in [7, 11) is 3.29. The van der Waals surface area contributed by atoms with E-state index in [1.54, 1.807) is 26.4 Å². The molecule has 0 saturated carbocycles. The quantitative estimate of drug-likeness (QED) is 0.785. The van der Waals surface area contributed by atoms with E-state index in [1.165, 1.54) is 0 Å². The Morgan fingerprint density at radius 1 is 0.636 bits per heavy atom. The van der Waals surface area contributed by atoms with Crippen LogP contribution in [-0.4, -0.2) is 14.2 Å². The Balaban J connectivity index is 1.93. The molecule has 0 heterocycles. The summed E-state index contributed by atoms with van der Waals surface area (Å²) in [5.41, 5.74) is 1.88. The van der Waals surface area contributed by atoms with Crippen LogP contribution in [0.2, 0.25) is 0 Å². The zero-order valence-corrected chi connectivity index (χ0v) is 12.6. The molecule has 0 aliphatic heterocycles. The zero-order chi connectivity index (χ0) is 15.6. The van der Waals surface area contributed by atoms with Crippen LogP contribution in [0, 0.1) is 23.7 Å².